The van der Waals surface area contributed by atoms with Crippen LogP contribution in [0.25, 0.3) is 209 Å². The lowest BCUT2D eigenvalue weighted by Gasteiger charge is -2.24. The van der Waals surface area contributed by atoms with Gasteiger partial charge in [0.2, 0.25) is 0 Å². The van der Waals surface area contributed by atoms with E-state index in [4.69, 9.17) is 0 Å². The standard InChI is InChI=1S/C64H46.C60H44/c1-63(2)57-23-13-11-19-48(57)50-30-27-42(37-59(50)63)41-28-32-55-56(36-41)61(44-29-31-51-49-20-12-14-24-58(49)64(3,4)60(51)38-44)52-21-9-10-22-53(52)62(55)54-34-33-45(46-17-7-8-18-47(46)54)43-26-25-39-15-5-6-16-40(39)35-43;1-59(2)53-20-12-10-16-45(53)47-29-26-42(35-55(47)59)41-27-31-51-52(34-41)58(44-28-30-48-46-17-11-13-21-54(46)60(3,4)56(48)36-44)50-19-9-8-18-49(50)57(51)43-25-24-39-32-38(22-23-40(39)33-43)37-14-6-5-7-15-37/h5-38H,1-4H3;5-36H,1-4H3. The molecule has 0 aliphatic heterocycles. The lowest BCUT2D eigenvalue weighted by atomic mass is 9.79. The van der Waals surface area contributed by atoms with Gasteiger partial charge in [-0.2, -0.15) is 0 Å². The van der Waals surface area contributed by atoms with E-state index in [9.17, 15) is 0 Å². The molecular formula is C124H90. The van der Waals surface area contributed by atoms with Crippen molar-refractivity contribution in [2.45, 2.75) is 77.0 Å². The number of hydrogen-bond acceptors (Lipinski definition) is 0. The summed E-state index contributed by atoms with van der Waals surface area (Å²) in [6.07, 6.45) is 0. The van der Waals surface area contributed by atoms with Crippen molar-refractivity contribution in [3.63, 3.8) is 0 Å². The predicted molar refractivity (Wildman–Crippen MR) is 529 cm³/mol. The van der Waals surface area contributed by atoms with Crippen LogP contribution in [0.4, 0.5) is 0 Å². The van der Waals surface area contributed by atoms with Crippen LogP contribution in [0.5, 0.6) is 0 Å². The zero-order valence-electron chi connectivity index (χ0n) is 71.1. The molecule has 4 aliphatic carbocycles. The maximum absolute atomic E-state index is 2.51. The molecule has 0 spiro atoms. The molecule has 4 aliphatic rings. The highest BCUT2D eigenvalue weighted by molar-refractivity contribution is 6.26. The fourth-order valence-corrected chi connectivity index (χ4v) is 22.8. The predicted octanol–water partition coefficient (Wildman–Crippen LogP) is 34.0. The number of hydrogen-bond donors (Lipinski definition) is 0. The molecule has 0 aromatic heterocycles. The van der Waals surface area contributed by atoms with Crippen LogP contribution in [-0.4, -0.2) is 0 Å². The molecule has 0 N–H and O–H groups in total. The third-order valence-electron chi connectivity index (χ3n) is 29.1. The molecule has 0 saturated carbocycles. The van der Waals surface area contributed by atoms with Crippen molar-refractivity contribution in [2.75, 3.05) is 0 Å². The quantitative estimate of drug-likeness (QED) is 0.133. The summed E-state index contributed by atoms with van der Waals surface area (Å²) >= 11 is 0. The Kier molecular flexibility index (Phi) is 16.3. The van der Waals surface area contributed by atoms with E-state index in [2.05, 4.69) is 456 Å². The molecule has 586 valence electrons. The molecule has 0 fully saturated rings. The van der Waals surface area contributed by atoms with Gasteiger partial charge < -0.3 is 0 Å². The zero-order valence-corrected chi connectivity index (χ0v) is 71.1. The maximum atomic E-state index is 2.51. The van der Waals surface area contributed by atoms with Crippen molar-refractivity contribution in [3.05, 3.63) is 445 Å². The lowest BCUT2D eigenvalue weighted by Crippen LogP contribution is -2.14. The average molecular weight is 1580 g/mol. The van der Waals surface area contributed by atoms with Crippen molar-refractivity contribution in [1.82, 2.24) is 0 Å². The largest absolute Gasteiger partial charge is 0.0622 e. The van der Waals surface area contributed by atoms with Gasteiger partial charge in [-0.1, -0.05) is 401 Å². The van der Waals surface area contributed by atoms with E-state index in [1.807, 2.05) is 0 Å². The SMILES string of the molecule is CC1(C)c2ccccc2-c2ccc(-c3ccc4c(-c5ccc(-c6ccc7ccccc7c6)c6ccccc56)c5ccccc5c(-c5ccc6c(c5)C(C)(C)c5ccccc5-6)c4c3)cc21.CC1(C)c2ccccc2-c2ccc(-c3ccc4c(-c5ccc6cc(-c7ccccc7)ccc6c5)c5ccccc5c(-c5ccc6c(c5)C(C)(C)c5ccccc5-6)c4c3)cc21. The Hall–Kier alpha value is -14.6. The van der Waals surface area contributed by atoms with E-state index in [0.29, 0.717) is 0 Å². The Bertz CT molecular complexity index is 8150. The number of benzene rings is 21. The molecule has 0 nitrogen and oxygen atoms in total. The van der Waals surface area contributed by atoms with E-state index in [0.717, 1.165) is 0 Å². The summed E-state index contributed by atoms with van der Waals surface area (Å²) in [5.74, 6) is 0. The maximum Gasteiger partial charge on any atom is 0.0159 e. The van der Waals surface area contributed by atoms with Crippen molar-refractivity contribution in [3.8, 4) is 134 Å². The van der Waals surface area contributed by atoms with Gasteiger partial charge in [0, 0.05) is 21.7 Å². The third-order valence-corrected chi connectivity index (χ3v) is 29.1. The average Bonchev–Trinajstić information content (AvgIpc) is 1.50. The topological polar surface area (TPSA) is 0 Å². The molecule has 21 aromatic carbocycles. The van der Waals surface area contributed by atoms with Gasteiger partial charge >= 0.3 is 0 Å². The fourth-order valence-electron chi connectivity index (χ4n) is 22.8. The fraction of sp³-hybridized carbons (Fsp3) is 0.0968. The summed E-state index contributed by atoms with van der Waals surface area (Å²) in [6, 6.07) is 151. The van der Waals surface area contributed by atoms with Crippen LogP contribution in [0.1, 0.15) is 99.9 Å². The van der Waals surface area contributed by atoms with Gasteiger partial charge in [-0.15, -0.1) is 0 Å². The van der Waals surface area contributed by atoms with Gasteiger partial charge in [-0.25, -0.2) is 0 Å². The molecular weight excluding hydrogens is 1490 g/mol. The summed E-state index contributed by atoms with van der Waals surface area (Å²) in [6.45, 7) is 19.0. The van der Waals surface area contributed by atoms with Crippen LogP contribution < -0.4 is 0 Å². The minimum Gasteiger partial charge on any atom is -0.0622 e. The lowest BCUT2D eigenvalue weighted by molar-refractivity contribution is 0.660. The first kappa shape index (κ1) is 73.4. The molecule has 0 saturated heterocycles. The molecule has 0 bridgehead atoms. The second-order valence-electron chi connectivity index (χ2n) is 37.2. The summed E-state index contributed by atoms with van der Waals surface area (Å²) in [7, 11) is 0. The van der Waals surface area contributed by atoms with Gasteiger partial charge in [0.15, 0.2) is 0 Å². The van der Waals surface area contributed by atoms with Crippen LogP contribution in [-0.2, 0) is 21.7 Å². The van der Waals surface area contributed by atoms with Gasteiger partial charge in [-0.05, 0) is 308 Å². The Morgan fingerprint density at radius 3 is 0.839 bits per heavy atom. The molecule has 0 unspecified atom stereocenters. The number of rotatable bonds is 8. The summed E-state index contributed by atoms with van der Waals surface area (Å²) < 4.78 is 0. The normalized spacial score (nSPS) is 14.2. The highest BCUT2D eigenvalue weighted by Gasteiger charge is 2.40. The van der Waals surface area contributed by atoms with Crippen molar-refractivity contribution in [2.24, 2.45) is 0 Å². The van der Waals surface area contributed by atoms with E-state index in [-0.39, 0.29) is 21.7 Å². The summed E-state index contributed by atoms with van der Waals surface area (Å²) in [5, 5.41) is 17.7. The van der Waals surface area contributed by atoms with Crippen molar-refractivity contribution >= 4 is 75.4 Å². The second-order valence-corrected chi connectivity index (χ2v) is 37.2. The van der Waals surface area contributed by atoms with Gasteiger partial charge in [0.1, 0.15) is 0 Å². The molecule has 25 rings (SSSR count). The van der Waals surface area contributed by atoms with Crippen LogP contribution in [0.15, 0.2) is 400 Å². The minimum absolute atomic E-state index is 0.0694. The Balaban J connectivity index is 0.000000140. The van der Waals surface area contributed by atoms with E-state index in [1.165, 1.54) is 253 Å². The molecule has 0 atom stereocenters. The van der Waals surface area contributed by atoms with Crippen LogP contribution in [0.3, 0.4) is 0 Å². The first-order valence-corrected chi connectivity index (χ1v) is 44.1. The van der Waals surface area contributed by atoms with E-state index < -0.39 is 0 Å². The van der Waals surface area contributed by atoms with Gasteiger partial charge in [0.05, 0.1) is 0 Å². The minimum atomic E-state index is -0.112. The van der Waals surface area contributed by atoms with Crippen LogP contribution >= 0.6 is 0 Å². The monoisotopic (exact) mass is 1580 g/mol. The molecule has 0 amide bonds. The van der Waals surface area contributed by atoms with Crippen molar-refractivity contribution in [1.29, 1.82) is 0 Å². The molecule has 0 radical (unpaired) electrons. The summed E-state index contributed by atoms with van der Waals surface area (Å²) in [5.41, 5.74) is 41.7. The van der Waals surface area contributed by atoms with Crippen LogP contribution in [0, 0.1) is 0 Å². The number of fused-ring (bicyclic) bond motifs is 19. The van der Waals surface area contributed by atoms with Gasteiger partial charge in [0.25, 0.3) is 0 Å². The van der Waals surface area contributed by atoms with Crippen LogP contribution in [0.2, 0.25) is 0 Å². The molecule has 0 heteroatoms. The van der Waals surface area contributed by atoms with E-state index >= 15 is 0 Å². The Labute approximate surface area is 725 Å². The van der Waals surface area contributed by atoms with E-state index in [1.54, 1.807) is 0 Å². The van der Waals surface area contributed by atoms with Gasteiger partial charge in [-0.3, -0.25) is 0 Å². The Morgan fingerprint density at radius 1 is 0.121 bits per heavy atom. The first-order valence-electron chi connectivity index (χ1n) is 44.1. The Morgan fingerprint density at radius 2 is 0.371 bits per heavy atom. The second kappa shape index (κ2) is 27.5. The zero-order chi connectivity index (χ0) is 83.2. The smallest absolute Gasteiger partial charge is 0.0159 e. The third kappa shape index (κ3) is 11.1. The highest BCUT2D eigenvalue weighted by Crippen LogP contribution is 2.58. The molecule has 21 aromatic rings. The summed E-state index contributed by atoms with van der Waals surface area (Å²) in [4.78, 5) is 0. The molecule has 0 heterocycles. The molecule has 124 heavy (non-hydrogen) atoms. The highest BCUT2D eigenvalue weighted by atomic mass is 14.4. The first-order chi connectivity index (χ1) is 60.5. The van der Waals surface area contributed by atoms with Crippen molar-refractivity contribution < 1.29 is 0 Å².